The summed E-state index contributed by atoms with van der Waals surface area (Å²) in [5.41, 5.74) is 5.39. The van der Waals surface area contributed by atoms with Crippen molar-refractivity contribution in [1.82, 2.24) is 20.1 Å². The van der Waals surface area contributed by atoms with E-state index in [9.17, 15) is 30.5 Å². The monoisotopic (exact) mass is 843 g/mol. The fourth-order valence-electron chi connectivity index (χ4n) is 7.40. The summed E-state index contributed by atoms with van der Waals surface area (Å²) in [6.45, 7) is 7.64. The maximum absolute atomic E-state index is 11.6. The number of aliphatic hydroxyl groups is 3. The summed E-state index contributed by atoms with van der Waals surface area (Å²) in [6, 6.07) is 17.8. The number of aromatic nitrogens is 1. The van der Waals surface area contributed by atoms with Crippen LogP contribution in [0.2, 0.25) is 5.02 Å². The minimum absolute atomic E-state index is 0.0319. The molecule has 2 fully saturated rings. The largest absolute Gasteiger partial charge is 0.493 e. The number of likely N-dealkylation sites (tertiary alicyclic amines) is 2. The van der Waals surface area contributed by atoms with Crippen molar-refractivity contribution in [3.63, 3.8) is 0 Å². The number of nitriles is 1. The molecule has 0 radical (unpaired) electrons. The van der Waals surface area contributed by atoms with Gasteiger partial charge in [-0.05, 0) is 79.1 Å². The molecule has 1 unspecified atom stereocenters. The fourth-order valence-corrected chi connectivity index (χ4v) is 7.64. The first kappa shape index (κ1) is 44.6. The Hall–Kier alpha value is -4.98. The number of carboxylic acids is 1. The molecule has 3 aromatic carbocycles. The molecule has 60 heavy (non-hydrogen) atoms. The molecule has 0 saturated carbocycles. The number of β-amino-alcohol motifs (C(OH)–C–C–N with tert-alkyl or cyclic N) is 2. The van der Waals surface area contributed by atoms with Crippen LogP contribution in [-0.4, -0.2) is 119 Å². The summed E-state index contributed by atoms with van der Waals surface area (Å²) in [4.78, 5) is 20.2. The number of aliphatic hydroxyl groups excluding tert-OH is 3. The van der Waals surface area contributed by atoms with Gasteiger partial charge < -0.3 is 49.2 Å². The molecule has 1 aromatic heterocycles. The van der Waals surface area contributed by atoms with Crippen molar-refractivity contribution in [2.45, 2.75) is 70.6 Å². The highest BCUT2D eigenvalue weighted by Gasteiger charge is 2.22. The summed E-state index contributed by atoms with van der Waals surface area (Å²) in [5, 5.41) is 51.2. The predicted octanol–water partition coefficient (Wildman–Crippen LogP) is 4.95. The van der Waals surface area contributed by atoms with Gasteiger partial charge in [-0.2, -0.15) is 5.26 Å². The normalized spacial score (nSPS) is 17.3. The molecule has 0 spiro atoms. The average Bonchev–Trinajstić information content (AvgIpc) is 3.87. The van der Waals surface area contributed by atoms with E-state index in [-0.39, 0.29) is 37.0 Å². The molecule has 15 heteroatoms. The van der Waals surface area contributed by atoms with Gasteiger partial charge in [0.05, 0.1) is 42.6 Å². The number of carbonyl (C=O) groups is 1. The number of hydrogen-bond acceptors (Lipinski definition) is 13. The van der Waals surface area contributed by atoms with Crippen molar-refractivity contribution in [2.24, 2.45) is 0 Å². The second-order valence-electron chi connectivity index (χ2n) is 15.3. The SMILES string of the molecule is Cc1c(COc2cc(OCc3cncc(C#N)c3)c(CNC(CO)C(=O)O)cc2Cl)cccc1-c1cc(OCCCN2CC[C@@H](O)C2)cc(OCCCN2CC[C@@H](O)C2)c1. The molecule has 4 aromatic rings. The Kier molecular flexibility index (Phi) is 16.4. The lowest BCUT2D eigenvalue weighted by molar-refractivity contribution is -0.140. The summed E-state index contributed by atoms with van der Waals surface area (Å²) in [6.07, 6.45) is 5.80. The molecule has 2 saturated heterocycles. The van der Waals surface area contributed by atoms with E-state index in [2.05, 4.69) is 26.2 Å². The third-order valence-corrected chi connectivity index (χ3v) is 11.0. The van der Waals surface area contributed by atoms with Crippen LogP contribution in [0.5, 0.6) is 23.0 Å². The summed E-state index contributed by atoms with van der Waals surface area (Å²) in [7, 11) is 0. The molecule has 14 nitrogen and oxygen atoms in total. The van der Waals surface area contributed by atoms with E-state index in [0.29, 0.717) is 66.0 Å². The molecule has 0 aliphatic carbocycles. The van der Waals surface area contributed by atoms with Crippen LogP contribution in [-0.2, 0) is 24.6 Å². The number of carboxylic acid groups (broad SMARTS) is 1. The van der Waals surface area contributed by atoms with Crippen molar-refractivity contribution in [1.29, 1.82) is 5.26 Å². The molecule has 0 bridgehead atoms. The number of hydrogen-bond donors (Lipinski definition) is 5. The summed E-state index contributed by atoms with van der Waals surface area (Å²) < 4.78 is 25.1. The first-order valence-electron chi connectivity index (χ1n) is 20.4. The second kappa shape index (κ2) is 22.0. The maximum atomic E-state index is 11.6. The van der Waals surface area contributed by atoms with Crippen LogP contribution in [0.4, 0.5) is 0 Å². The number of nitrogens with zero attached hydrogens (tertiary/aromatic N) is 4. The van der Waals surface area contributed by atoms with Gasteiger partial charge >= 0.3 is 5.97 Å². The highest BCUT2D eigenvalue weighted by atomic mass is 35.5. The topological polar surface area (TPSA) is 190 Å². The highest BCUT2D eigenvalue weighted by molar-refractivity contribution is 6.32. The lowest BCUT2D eigenvalue weighted by Crippen LogP contribution is -2.39. The van der Waals surface area contributed by atoms with Crippen LogP contribution in [0.1, 0.15) is 53.5 Å². The van der Waals surface area contributed by atoms with E-state index in [1.807, 2.05) is 43.3 Å². The molecular formula is C45H54ClN5O9. The van der Waals surface area contributed by atoms with Crippen molar-refractivity contribution in [2.75, 3.05) is 59.1 Å². The molecule has 3 heterocycles. The van der Waals surface area contributed by atoms with Gasteiger partial charge in [-0.15, -0.1) is 0 Å². The molecular weight excluding hydrogens is 790 g/mol. The summed E-state index contributed by atoms with van der Waals surface area (Å²) in [5.74, 6) is 0.920. The number of rotatable bonds is 22. The second-order valence-corrected chi connectivity index (χ2v) is 15.7. The van der Waals surface area contributed by atoms with E-state index in [4.69, 9.17) is 30.5 Å². The Morgan fingerprint density at radius 3 is 2.17 bits per heavy atom. The van der Waals surface area contributed by atoms with E-state index in [1.165, 1.54) is 6.20 Å². The lowest BCUT2D eigenvalue weighted by Gasteiger charge is -2.19. The van der Waals surface area contributed by atoms with Crippen LogP contribution < -0.4 is 24.3 Å². The van der Waals surface area contributed by atoms with Gasteiger partial charge in [0.15, 0.2) is 0 Å². The number of pyridine rings is 1. The Labute approximate surface area is 355 Å². The van der Waals surface area contributed by atoms with Gasteiger partial charge in [-0.25, -0.2) is 0 Å². The molecule has 2 aliphatic rings. The number of ether oxygens (including phenoxy) is 4. The van der Waals surface area contributed by atoms with Crippen LogP contribution in [0.25, 0.3) is 11.1 Å². The average molecular weight is 844 g/mol. The van der Waals surface area contributed by atoms with Gasteiger partial charge in [0.25, 0.3) is 0 Å². The third kappa shape index (κ3) is 12.8. The standard InChI is InChI=1S/C45H54ClN5O9/c1-30-33(29-60-44-20-43(59-28-32-15-31(21-47)22-48-23-32)35(18-41(44)46)24-49-42(27-52)45(55)56)5-2-6-40(30)34-16-38(57-13-3-9-50-11-7-36(53)25-50)19-39(17-34)58-14-4-10-51-12-8-37(54)26-51/h2,5-6,15-20,22-23,36-37,42,49,52-54H,3-4,7-14,24-29H2,1H3,(H,55,56)/t36-,37-,42?/m1/s1. The van der Waals surface area contributed by atoms with E-state index < -0.39 is 18.6 Å². The minimum atomic E-state index is -1.20. The van der Waals surface area contributed by atoms with Gasteiger partial charge in [0.1, 0.15) is 48.3 Å². The van der Waals surface area contributed by atoms with Gasteiger partial charge in [-0.3, -0.25) is 15.1 Å². The van der Waals surface area contributed by atoms with Gasteiger partial charge in [0, 0.05) is 81.5 Å². The molecule has 3 atom stereocenters. The zero-order valence-electron chi connectivity index (χ0n) is 33.9. The fraction of sp³-hybridized carbons (Fsp3) is 0.444. The minimum Gasteiger partial charge on any atom is -0.493 e. The molecule has 0 amide bonds. The molecule has 6 rings (SSSR count). The number of benzene rings is 3. The zero-order chi connectivity index (χ0) is 42.4. The van der Waals surface area contributed by atoms with Crippen molar-refractivity contribution in [3.05, 3.63) is 99.8 Å². The zero-order valence-corrected chi connectivity index (χ0v) is 34.6. The van der Waals surface area contributed by atoms with Crippen molar-refractivity contribution < 1.29 is 44.2 Å². The van der Waals surface area contributed by atoms with E-state index in [0.717, 1.165) is 74.1 Å². The maximum Gasteiger partial charge on any atom is 0.323 e. The van der Waals surface area contributed by atoms with Crippen LogP contribution in [0, 0.1) is 18.3 Å². The Morgan fingerprint density at radius 2 is 1.57 bits per heavy atom. The smallest absolute Gasteiger partial charge is 0.323 e. The predicted molar refractivity (Wildman–Crippen MR) is 225 cm³/mol. The van der Waals surface area contributed by atoms with E-state index in [1.54, 1.807) is 24.4 Å². The van der Waals surface area contributed by atoms with Crippen LogP contribution in [0.15, 0.2) is 67.0 Å². The van der Waals surface area contributed by atoms with Crippen molar-refractivity contribution in [3.8, 4) is 40.2 Å². The Morgan fingerprint density at radius 1 is 0.900 bits per heavy atom. The van der Waals surface area contributed by atoms with Crippen molar-refractivity contribution >= 4 is 17.6 Å². The lowest BCUT2D eigenvalue weighted by atomic mass is 9.96. The first-order chi connectivity index (χ1) is 29.1. The summed E-state index contributed by atoms with van der Waals surface area (Å²) >= 11 is 6.75. The quantitative estimate of drug-likeness (QED) is 0.0669. The highest BCUT2D eigenvalue weighted by Crippen LogP contribution is 2.36. The number of halogens is 1. The van der Waals surface area contributed by atoms with Crippen LogP contribution >= 0.6 is 11.6 Å². The van der Waals surface area contributed by atoms with Crippen LogP contribution in [0.3, 0.4) is 0 Å². The molecule has 2 aliphatic heterocycles. The van der Waals surface area contributed by atoms with Gasteiger partial charge in [0.2, 0.25) is 0 Å². The first-order valence-corrected chi connectivity index (χ1v) is 20.8. The Balaban J connectivity index is 1.18. The van der Waals surface area contributed by atoms with E-state index >= 15 is 0 Å². The Bertz CT molecular complexity index is 2050. The third-order valence-electron chi connectivity index (χ3n) is 10.7. The number of aliphatic carboxylic acids is 1. The van der Waals surface area contributed by atoms with Gasteiger partial charge in [-0.1, -0.05) is 29.8 Å². The molecule has 320 valence electrons. The number of nitrogens with one attached hydrogen (secondary N) is 1. The molecule has 5 N–H and O–H groups in total.